The van der Waals surface area contributed by atoms with Crippen molar-refractivity contribution in [1.29, 1.82) is 0 Å². The van der Waals surface area contributed by atoms with Crippen LogP contribution < -0.4 is 10.2 Å². The minimum atomic E-state index is 0.659. The maximum atomic E-state index is 7.11. The lowest BCUT2D eigenvalue weighted by molar-refractivity contribution is 1.28. The molecule has 3 heteroatoms. The predicted molar refractivity (Wildman–Crippen MR) is 141 cm³/mol. The molecule has 0 amide bonds. The first-order valence-electron chi connectivity index (χ1n) is 10.9. The van der Waals surface area contributed by atoms with Crippen LogP contribution in [0.4, 0.5) is 28.4 Å². The summed E-state index contributed by atoms with van der Waals surface area (Å²) in [5.74, 6) is 0. The molecular weight excluding hydrogens is 424 g/mol. The van der Waals surface area contributed by atoms with Crippen molar-refractivity contribution >= 4 is 40.0 Å². The molecule has 2 nitrogen and oxygen atoms in total. The van der Waals surface area contributed by atoms with Crippen molar-refractivity contribution in [3.63, 3.8) is 0 Å². The van der Waals surface area contributed by atoms with E-state index in [0.29, 0.717) is 5.02 Å². The van der Waals surface area contributed by atoms with E-state index in [4.69, 9.17) is 11.6 Å². The Morgan fingerprint density at radius 1 is 0.515 bits per heavy atom. The zero-order chi connectivity index (χ0) is 22.5. The van der Waals surface area contributed by atoms with Crippen molar-refractivity contribution in [2.24, 2.45) is 0 Å². The number of hydrogen-bond donors (Lipinski definition) is 1. The molecule has 0 fully saturated rings. The molecule has 0 radical (unpaired) electrons. The maximum absolute atomic E-state index is 7.11. The van der Waals surface area contributed by atoms with E-state index in [1.54, 1.807) is 0 Å². The number of nitrogens with one attached hydrogen (secondary N) is 1. The number of para-hydroxylation sites is 3. The molecule has 0 aliphatic rings. The highest BCUT2D eigenvalue weighted by Crippen LogP contribution is 2.44. The van der Waals surface area contributed by atoms with E-state index in [2.05, 4.69) is 70.9 Å². The first-order chi connectivity index (χ1) is 16.3. The van der Waals surface area contributed by atoms with Gasteiger partial charge < -0.3 is 10.2 Å². The van der Waals surface area contributed by atoms with E-state index in [9.17, 15) is 0 Å². The van der Waals surface area contributed by atoms with E-state index < -0.39 is 0 Å². The van der Waals surface area contributed by atoms with E-state index in [1.165, 1.54) is 0 Å². The fraction of sp³-hybridized carbons (Fsp3) is 0. The van der Waals surface area contributed by atoms with Gasteiger partial charge >= 0.3 is 0 Å². The predicted octanol–water partition coefficient (Wildman–Crippen LogP) is 9.22. The molecule has 160 valence electrons. The first-order valence-corrected chi connectivity index (χ1v) is 11.3. The monoisotopic (exact) mass is 446 g/mol. The second-order valence-electron chi connectivity index (χ2n) is 7.72. The van der Waals surface area contributed by atoms with Gasteiger partial charge in [0.2, 0.25) is 0 Å². The van der Waals surface area contributed by atoms with Gasteiger partial charge in [0.25, 0.3) is 0 Å². The Hall–Kier alpha value is -4.01. The Morgan fingerprint density at radius 2 is 1.00 bits per heavy atom. The van der Waals surface area contributed by atoms with Crippen molar-refractivity contribution in [2.45, 2.75) is 0 Å². The summed E-state index contributed by atoms with van der Waals surface area (Å²) in [6.45, 7) is 0. The van der Waals surface area contributed by atoms with Crippen LogP contribution >= 0.6 is 11.6 Å². The number of anilines is 5. The Balaban J connectivity index is 1.73. The topological polar surface area (TPSA) is 15.3 Å². The van der Waals surface area contributed by atoms with Crippen LogP contribution in [0.15, 0.2) is 133 Å². The van der Waals surface area contributed by atoms with Crippen LogP contribution in [0.5, 0.6) is 0 Å². The van der Waals surface area contributed by atoms with Crippen LogP contribution in [0.25, 0.3) is 11.1 Å². The highest BCUT2D eigenvalue weighted by Gasteiger charge is 2.19. The molecule has 0 unspecified atom stereocenters. The van der Waals surface area contributed by atoms with E-state index in [0.717, 1.165) is 39.6 Å². The minimum absolute atomic E-state index is 0.659. The summed E-state index contributed by atoms with van der Waals surface area (Å²) in [7, 11) is 0. The zero-order valence-corrected chi connectivity index (χ0v) is 18.8. The molecule has 0 saturated carbocycles. The Labute approximate surface area is 199 Å². The molecule has 0 aliphatic carbocycles. The number of hydrogen-bond acceptors (Lipinski definition) is 2. The Kier molecular flexibility index (Phi) is 6.10. The molecule has 0 aromatic heterocycles. The van der Waals surface area contributed by atoms with Crippen molar-refractivity contribution in [3.05, 3.63) is 138 Å². The van der Waals surface area contributed by atoms with Gasteiger partial charge in [0.1, 0.15) is 0 Å². The number of nitrogens with zero attached hydrogens (tertiary/aromatic N) is 1. The third-order valence-electron chi connectivity index (χ3n) is 5.48. The van der Waals surface area contributed by atoms with Crippen molar-refractivity contribution in [1.82, 2.24) is 0 Å². The van der Waals surface area contributed by atoms with Gasteiger partial charge in [0, 0.05) is 17.1 Å². The van der Waals surface area contributed by atoms with Crippen molar-refractivity contribution in [2.75, 3.05) is 10.2 Å². The van der Waals surface area contributed by atoms with Gasteiger partial charge in [-0.3, -0.25) is 0 Å². The van der Waals surface area contributed by atoms with Crippen LogP contribution in [0.1, 0.15) is 0 Å². The smallest absolute Gasteiger partial charge is 0.0881 e. The van der Waals surface area contributed by atoms with Gasteiger partial charge in [-0.25, -0.2) is 0 Å². The lowest BCUT2D eigenvalue weighted by atomic mass is 10.0. The summed E-state index contributed by atoms with van der Waals surface area (Å²) in [4.78, 5) is 2.20. The van der Waals surface area contributed by atoms with Gasteiger partial charge in [-0.1, -0.05) is 96.5 Å². The number of rotatable bonds is 6. The second kappa shape index (κ2) is 9.64. The third-order valence-corrected chi connectivity index (χ3v) is 5.88. The number of halogens is 1. The van der Waals surface area contributed by atoms with Crippen LogP contribution in [0.2, 0.25) is 5.02 Å². The first kappa shape index (κ1) is 20.9. The molecule has 5 aromatic carbocycles. The molecule has 0 heterocycles. The summed E-state index contributed by atoms with van der Waals surface area (Å²) in [5, 5.41) is 4.18. The van der Waals surface area contributed by atoms with Gasteiger partial charge in [-0.05, 0) is 59.7 Å². The molecule has 5 rings (SSSR count). The summed E-state index contributed by atoms with van der Waals surface area (Å²) in [5.41, 5.74) is 7.06. The lowest BCUT2D eigenvalue weighted by Gasteiger charge is -2.28. The largest absolute Gasteiger partial charge is 0.354 e. The van der Waals surface area contributed by atoms with Gasteiger partial charge in [0.05, 0.1) is 16.4 Å². The highest BCUT2D eigenvalue weighted by atomic mass is 35.5. The maximum Gasteiger partial charge on any atom is 0.0881 e. The highest BCUT2D eigenvalue weighted by molar-refractivity contribution is 6.36. The van der Waals surface area contributed by atoms with E-state index >= 15 is 0 Å². The van der Waals surface area contributed by atoms with Crippen LogP contribution in [0, 0.1) is 0 Å². The van der Waals surface area contributed by atoms with Crippen molar-refractivity contribution in [3.8, 4) is 11.1 Å². The fourth-order valence-electron chi connectivity index (χ4n) is 3.92. The average molecular weight is 447 g/mol. The van der Waals surface area contributed by atoms with E-state index in [1.807, 2.05) is 72.8 Å². The molecule has 33 heavy (non-hydrogen) atoms. The molecule has 0 aliphatic heterocycles. The summed E-state index contributed by atoms with van der Waals surface area (Å²) >= 11 is 7.11. The van der Waals surface area contributed by atoms with Crippen LogP contribution in [-0.4, -0.2) is 0 Å². The molecule has 0 saturated heterocycles. The SMILES string of the molecule is Clc1c(Nc2ccccc2)cc(-c2ccccc2)cc1N(c1ccccc1)c1ccccc1. The quantitative estimate of drug-likeness (QED) is 0.279. The molecule has 0 atom stereocenters. The Bertz CT molecular complexity index is 1280. The Morgan fingerprint density at radius 3 is 1.55 bits per heavy atom. The van der Waals surface area contributed by atoms with Gasteiger partial charge in [0.15, 0.2) is 0 Å². The van der Waals surface area contributed by atoms with E-state index in [-0.39, 0.29) is 0 Å². The standard InChI is InChI=1S/C30H23ClN2/c31-30-28(32-25-15-7-2-8-16-25)21-24(23-13-5-1-6-14-23)22-29(30)33(26-17-9-3-10-18-26)27-19-11-4-12-20-27/h1-22,32H. The lowest BCUT2D eigenvalue weighted by Crippen LogP contribution is -2.11. The summed E-state index contributed by atoms with van der Waals surface area (Å²) in [6.07, 6.45) is 0. The third kappa shape index (κ3) is 4.62. The summed E-state index contributed by atoms with van der Waals surface area (Å²) < 4.78 is 0. The van der Waals surface area contributed by atoms with Crippen molar-refractivity contribution < 1.29 is 0 Å². The minimum Gasteiger partial charge on any atom is -0.354 e. The summed E-state index contributed by atoms with van der Waals surface area (Å²) in [6, 6.07) is 45.4. The number of benzene rings is 5. The molecule has 0 spiro atoms. The molecular formula is C30H23ClN2. The molecule has 0 bridgehead atoms. The zero-order valence-electron chi connectivity index (χ0n) is 18.0. The molecule has 1 N–H and O–H groups in total. The normalized spacial score (nSPS) is 10.6. The average Bonchev–Trinajstić information content (AvgIpc) is 2.89. The van der Waals surface area contributed by atoms with Gasteiger partial charge in [-0.15, -0.1) is 0 Å². The fourth-order valence-corrected chi connectivity index (χ4v) is 4.16. The van der Waals surface area contributed by atoms with Crippen LogP contribution in [-0.2, 0) is 0 Å². The second-order valence-corrected chi connectivity index (χ2v) is 8.10. The van der Waals surface area contributed by atoms with Gasteiger partial charge in [-0.2, -0.15) is 0 Å². The molecule has 5 aromatic rings. The van der Waals surface area contributed by atoms with Crippen LogP contribution in [0.3, 0.4) is 0 Å².